The van der Waals surface area contributed by atoms with Crippen molar-refractivity contribution < 1.29 is 18.7 Å². The Bertz CT molecular complexity index is 714. The molecule has 0 aliphatic carbocycles. The predicted molar refractivity (Wildman–Crippen MR) is 78.6 cm³/mol. The lowest BCUT2D eigenvalue weighted by Gasteiger charge is -2.17. The number of carbonyl (C=O) groups excluding carboxylic acids is 1. The quantitative estimate of drug-likeness (QED) is 0.944. The molecule has 1 heterocycles. The summed E-state index contributed by atoms with van der Waals surface area (Å²) in [6.07, 6.45) is -1.06. The molecular formula is C17H15F2NO2. The van der Waals surface area contributed by atoms with Crippen LogP contribution in [0, 0.1) is 0 Å². The van der Waals surface area contributed by atoms with Crippen molar-refractivity contribution in [2.75, 3.05) is 4.90 Å². The number of amides is 1. The van der Waals surface area contributed by atoms with Crippen LogP contribution in [0.1, 0.15) is 29.7 Å². The van der Waals surface area contributed by atoms with Crippen LogP contribution in [0.25, 0.3) is 0 Å². The third kappa shape index (κ3) is 2.18. The smallest absolute Gasteiger partial charge is 0.352 e. The van der Waals surface area contributed by atoms with Crippen LogP contribution in [-0.4, -0.2) is 11.0 Å². The lowest BCUT2D eigenvalue weighted by atomic mass is 9.98. The molecule has 1 amide bonds. The van der Waals surface area contributed by atoms with Crippen molar-refractivity contribution in [3.8, 4) is 0 Å². The van der Waals surface area contributed by atoms with Crippen LogP contribution in [0.3, 0.4) is 0 Å². The Morgan fingerprint density at radius 3 is 2.45 bits per heavy atom. The highest BCUT2D eigenvalue weighted by atomic mass is 19.3. The summed E-state index contributed by atoms with van der Waals surface area (Å²) in [6.45, 7) is 1.49. The fourth-order valence-corrected chi connectivity index (χ4v) is 2.78. The monoisotopic (exact) mass is 303 g/mol. The number of benzene rings is 2. The first kappa shape index (κ1) is 14.7. The van der Waals surface area contributed by atoms with Gasteiger partial charge in [-0.15, -0.1) is 0 Å². The second-order valence-electron chi connectivity index (χ2n) is 5.37. The third-order valence-electron chi connectivity index (χ3n) is 3.83. The highest BCUT2D eigenvalue weighted by Crippen LogP contribution is 2.47. The van der Waals surface area contributed by atoms with E-state index in [0.29, 0.717) is 0 Å². The summed E-state index contributed by atoms with van der Waals surface area (Å²) in [5, 5.41) is 9.72. The highest BCUT2D eigenvalue weighted by molar-refractivity contribution is 6.06. The molecule has 2 aromatic carbocycles. The molecule has 0 bridgehead atoms. The van der Waals surface area contributed by atoms with Crippen molar-refractivity contribution in [2.45, 2.75) is 25.5 Å². The minimum atomic E-state index is -3.61. The molecule has 3 rings (SSSR count). The van der Waals surface area contributed by atoms with E-state index in [1.165, 1.54) is 19.1 Å². The van der Waals surface area contributed by atoms with Crippen molar-refractivity contribution in [1.82, 2.24) is 0 Å². The molecule has 5 heteroatoms. The Morgan fingerprint density at radius 2 is 1.82 bits per heavy atom. The number of fused-ring (bicyclic) bond motifs is 1. The van der Waals surface area contributed by atoms with Crippen LogP contribution in [0.15, 0.2) is 48.5 Å². The van der Waals surface area contributed by atoms with Gasteiger partial charge in [-0.25, -0.2) is 0 Å². The summed E-state index contributed by atoms with van der Waals surface area (Å²) in [6, 6.07) is 13.5. The molecule has 1 N–H and O–H groups in total. The Kier molecular flexibility index (Phi) is 3.45. The topological polar surface area (TPSA) is 40.5 Å². The van der Waals surface area contributed by atoms with Crippen molar-refractivity contribution in [2.24, 2.45) is 0 Å². The Hall–Kier alpha value is -2.27. The van der Waals surface area contributed by atoms with Gasteiger partial charge in [-0.3, -0.25) is 4.79 Å². The fourth-order valence-electron chi connectivity index (χ4n) is 2.78. The van der Waals surface area contributed by atoms with Crippen LogP contribution < -0.4 is 4.90 Å². The van der Waals surface area contributed by atoms with Crippen LogP contribution >= 0.6 is 0 Å². The number of alkyl halides is 2. The van der Waals surface area contributed by atoms with E-state index in [1.54, 1.807) is 30.3 Å². The molecule has 22 heavy (non-hydrogen) atoms. The Balaban J connectivity index is 2.09. The maximum atomic E-state index is 14.4. The number of rotatable bonds is 3. The zero-order chi connectivity index (χ0) is 15.9. The molecule has 0 aromatic heterocycles. The molecule has 1 aliphatic rings. The van der Waals surface area contributed by atoms with E-state index in [1.807, 2.05) is 6.07 Å². The van der Waals surface area contributed by atoms with Crippen molar-refractivity contribution in [3.63, 3.8) is 0 Å². The van der Waals surface area contributed by atoms with Gasteiger partial charge < -0.3 is 10.0 Å². The van der Waals surface area contributed by atoms with E-state index < -0.39 is 17.9 Å². The number of hydrogen-bond acceptors (Lipinski definition) is 2. The van der Waals surface area contributed by atoms with Gasteiger partial charge >= 0.3 is 11.8 Å². The largest absolute Gasteiger partial charge is 0.389 e. The molecule has 0 saturated heterocycles. The molecule has 3 nitrogen and oxygen atoms in total. The Labute approximate surface area is 126 Å². The van der Waals surface area contributed by atoms with Gasteiger partial charge in [0.05, 0.1) is 23.9 Å². The van der Waals surface area contributed by atoms with Gasteiger partial charge in [-0.05, 0) is 24.1 Å². The molecule has 1 aliphatic heterocycles. The SMILES string of the molecule is C[C@H](O)c1cccc2c1C(F)(F)C(=O)N2Cc1ccccc1. The molecule has 0 unspecified atom stereocenters. The average Bonchev–Trinajstić information content (AvgIpc) is 2.69. The molecule has 114 valence electrons. The van der Waals surface area contributed by atoms with Gasteiger partial charge in [0.15, 0.2) is 0 Å². The summed E-state index contributed by atoms with van der Waals surface area (Å²) < 4.78 is 28.8. The number of anilines is 1. The van der Waals surface area contributed by atoms with Crippen molar-refractivity contribution >= 4 is 11.6 Å². The molecule has 2 aromatic rings. The predicted octanol–water partition coefficient (Wildman–Crippen LogP) is 3.38. The van der Waals surface area contributed by atoms with E-state index in [0.717, 1.165) is 10.5 Å². The summed E-state index contributed by atoms with van der Waals surface area (Å²) in [5.41, 5.74) is 0.636. The second-order valence-corrected chi connectivity index (χ2v) is 5.37. The molecule has 0 radical (unpaired) electrons. The van der Waals surface area contributed by atoms with E-state index >= 15 is 0 Å². The van der Waals surface area contributed by atoms with E-state index in [4.69, 9.17) is 0 Å². The van der Waals surface area contributed by atoms with Crippen LogP contribution in [0.5, 0.6) is 0 Å². The zero-order valence-electron chi connectivity index (χ0n) is 12.0. The van der Waals surface area contributed by atoms with E-state index in [-0.39, 0.29) is 23.4 Å². The number of aliphatic hydroxyl groups excluding tert-OH is 1. The van der Waals surface area contributed by atoms with Gasteiger partial charge in [0.1, 0.15) is 0 Å². The maximum absolute atomic E-state index is 14.4. The summed E-state index contributed by atoms with van der Waals surface area (Å²) >= 11 is 0. The van der Waals surface area contributed by atoms with Gasteiger partial charge in [-0.1, -0.05) is 42.5 Å². The second kappa shape index (κ2) is 5.18. The van der Waals surface area contributed by atoms with Crippen molar-refractivity contribution in [3.05, 3.63) is 65.2 Å². The maximum Gasteiger partial charge on any atom is 0.352 e. The fraction of sp³-hybridized carbons (Fsp3) is 0.235. The molecule has 1 atom stereocenters. The number of nitrogens with zero attached hydrogens (tertiary/aromatic N) is 1. The van der Waals surface area contributed by atoms with Crippen LogP contribution in [-0.2, 0) is 17.3 Å². The van der Waals surface area contributed by atoms with E-state index in [2.05, 4.69) is 0 Å². The molecule has 0 fully saturated rings. The Morgan fingerprint density at radius 1 is 1.14 bits per heavy atom. The lowest BCUT2D eigenvalue weighted by molar-refractivity contribution is -0.141. The number of carbonyl (C=O) groups is 1. The zero-order valence-corrected chi connectivity index (χ0v) is 12.0. The lowest BCUT2D eigenvalue weighted by Crippen LogP contribution is -2.34. The van der Waals surface area contributed by atoms with E-state index in [9.17, 15) is 18.7 Å². The first-order chi connectivity index (χ1) is 10.4. The van der Waals surface area contributed by atoms with Crippen LogP contribution in [0.2, 0.25) is 0 Å². The molecular weight excluding hydrogens is 288 g/mol. The van der Waals surface area contributed by atoms with Crippen LogP contribution in [0.4, 0.5) is 14.5 Å². The minimum absolute atomic E-state index is 0.0749. The summed E-state index contributed by atoms with van der Waals surface area (Å²) in [4.78, 5) is 13.2. The molecule has 0 saturated carbocycles. The standard InChI is InChI=1S/C17H15F2NO2/c1-11(21)13-8-5-9-14-15(13)17(18,19)16(22)20(14)10-12-6-3-2-4-7-12/h2-9,11,21H,10H2,1H3/t11-/m0/s1. The highest BCUT2D eigenvalue weighted by Gasteiger charge is 2.54. The third-order valence-corrected chi connectivity index (χ3v) is 3.83. The van der Waals surface area contributed by atoms with Gasteiger partial charge in [-0.2, -0.15) is 8.78 Å². The first-order valence-corrected chi connectivity index (χ1v) is 6.98. The normalized spacial score (nSPS) is 17.5. The molecule has 0 spiro atoms. The van der Waals surface area contributed by atoms with Gasteiger partial charge in [0.2, 0.25) is 0 Å². The minimum Gasteiger partial charge on any atom is -0.389 e. The van der Waals surface area contributed by atoms with Crippen molar-refractivity contribution in [1.29, 1.82) is 0 Å². The number of halogens is 2. The summed E-state index contributed by atoms with van der Waals surface area (Å²) in [5.74, 6) is -4.86. The average molecular weight is 303 g/mol. The van der Waals surface area contributed by atoms with Gasteiger partial charge in [0.25, 0.3) is 0 Å². The number of aliphatic hydroxyl groups is 1. The number of hydrogen-bond donors (Lipinski definition) is 1. The summed E-state index contributed by atoms with van der Waals surface area (Å²) in [7, 11) is 0. The first-order valence-electron chi connectivity index (χ1n) is 6.98. The van der Waals surface area contributed by atoms with Gasteiger partial charge in [0, 0.05) is 0 Å².